The molecule has 1 N–H and O–H groups in total. The summed E-state index contributed by atoms with van der Waals surface area (Å²) in [5.41, 5.74) is 0. The summed E-state index contributed by atoms with van der Waals surface area (Å²) in [5.74, 6) is 0.0912. The molecule has 6 nitrogen and oxygen atoms in total. The fourth-order valence-corrected chi connectivity index (χ4v) is 2.82. The van der Waals surface area contributed by atoms with Crippen LogP contribution in [0.5, 0.6) is 5.75 Å². The number of β-amino-alcohol motifs (C(OH)–C–C–N with tert-alkyl or cyclic N) is 1. The number of amides is 1. The van der Waals surface area contributed by atoms with Gasteiger partial charge in [0.15, 0.2) is 0 Å². The quantitative estimate of drug-likeness (QED) is 0.764. The Morgan fingerprint density at radius 3 is 2.62 bits per heavy atom. The highest BCUT2D eigenvalue weighted by molar-refractivity contribution is 7.87. The molecule has 0 aromatic heterocycles. The van der Waals surface area contributed by atoms with Crippen LogP contribution in [-0.2, 0) is 15.0 Å². The second-order valence-corrected chi connectivity index (χ2v) is 6.50. The molecule has 0 aliphatic carbocycles. The first kappa shape index (κ1) is 15.7. The summed E-state index contributed by atoms with van der Waals surface area (Å²) in [7, 11) is -4.73. The zero-order valence-corrected chi connectivity index (χ0v) is 12.0. The van der Waals surface area contributed by atoms with Crippen LogP contribution in [0.4, 0.5) is 3.89 Å². The summed E-state index contributed by atoms with van der Waals surface area (Å²) in [6.45, 7) is -0.363. The van der Waals surface area contributed by atoms with E-state index in [2.05, 4.69) is 0 Å². The van der Waals surface area contributed by atoms with Crippen LogP contribution in [0.15, 0.2) is 30.3 Å². The van der Waals surface area contributed by atoms with E-state index in [9.17, 15) is 22.2 Å². The van der Waals surface area contributed by atoms with E-state index < -0.39 is 27.5 Å². The normalized spacial score (nSPS) is 20.6. The molecule has 1 aliphatic heterocycles. The molecule has 0 radical (unpaired) electrons. The van der Waals surface area contributed by atoms with Crippen LogP contribution in [0.25, 0.3) is 0 Å². The first-order valence-corrected chi connectivity index (χ1v) is 7.88. The number of hydrogen-bond donors (Lipinski definition) is 1. The highest BCUT2D eigenvalue weighted by Crippen LogP contribution is 2.20. The van der Waals surface area contributed by atoms with Gasteiger partial charge in [-0.15, -0.1) is 3.89 Å². The van der Waals surface area contributed by atoms with E-state index in [0.29, 0.717) is 5.75 Å². The molecule has 0 saturated carbocycles. The van der Waals surface area contributed by atoms with Gasteiger partial charge in [-0.05, 0) is 12.1 Å². The summed E-state index contributed by atoms with van der Waals surface area (Å²) < 4.78 is 39.8. The van der Waals surface area contributed by atoms with Crippen LogP contribution < -0.4 is 4.74 Å². The molecule has 2 atom stereocenters. The number of ether oxygens (including phenoxy) is 1. The molecule has 21 heavy (non-hydrogen) atoms. The number of aliphatic hydroxyl groups is 1. The van der Waals surface area contributed by atoms with Crippen LogP contribution in [0, 0.1) is 0 Å². The third kappa shape index (κ3) is 4.40. The van der Waals surface area contributed by atoms with E-state index in [1.165, 1.54) is 0 Å². The predicted molar refractivity (Wildman–Crippen MR) is 73.0 cm³/mol. The Labute approximate surface area is 122 Å². The van der Waals surface area contributed by atoms with Crippen LogP contribution in [0.1, 0.15) is 6.42 Å². The van der Waals surface area contributed by atoms with Crippen molar-refractivity contribution in [3.05, 3.63) is 30.3 Å². The van der Waals surface area contributed by atoms with Gasteiger partial charge in [-0.2, -0.15) is 8.42 Å². The molecule has 8 heteroatoms. The molecule has 1 saturated heterocycles. The van der Waals surface area contributed by atoms with Crippen LogP contribution in [0.2, 0.25) is 0 Å². The van der Waals surface area contributed by atoms with Crippen molar-refractivity contribution >= 4 is 16.1 Å². The summed E-state index contributed by atoms with van der Waals surface area (Å²) >= 11 is 0. The fraction of sp³-hybridized carbons (Fsp3) is 0.462. The molecule has 1 aromatic rings. The van der Waals surface area contributed by atoms with Gasteiger partial charge >= 0.3 is 10.2 Å². The molecule has 1 fully saturated rings. The summed E-state index contributed by atoms with van der Waals surface area (Å²) in [4.78, 5) is 12.7. The van der Waals surface area contributed by atoms with Crippen LogP contribution >= 0.6 is 0 Å². The SMILES string of the molecule is O=C1CC(S(=O)(=O)F)CN1CC(O)COc1ccccc1. The molecule has 1 heterocycles. The topological polar surface area (TPSA) is 83.9 Å². The monoisotopic (exact) mass is 317 g/mol. The lowest BCUT2D eigenvalue weighted by atomic mass is 10.3. The van der Waals surface area contributed by atoms with Crippen molar-refractivity contribution in [1.29, 1.82) is 0 Å². The lowest BCUT2D eigenvalue weighted by molar-refractivity contribution is -0.129. The number of benzene rings is 1. The molecular weight excluding hydrogens is 301 g/mol. The van der Waals surface area contributed by atoms with Crippen LogP contribution in [-0.4, -0.2) is 55.4 Å². The fourth-order valence-electron chi connectivity index (χ4n) is 2.12. The Kier molecular flexibility index (Phi) is 4.79. The average Bonchev–Trinajstić information content (AvgIpc) is 2.79. The Morgan fingerprint density at radius 2 is 2.05 bits per heavy atom. The summed E-state index contributed by atoms with van der Waals surface area (Å²) in [6.07, 6.45) is -1.36. The second-order valence-electron chi connectivity index (χ2n) is 4.88. The van der Waals surface area contributed by atoms with Gasteiger partial charge in [-0.25, -0.2) is 0 Å². The van der Waals surface area contributed by atoms with Crippen molar-refractivity contribution in [2.24, 2.45) is 0 Å². The molecule has 0 spiro atoms. The number of para-hydroxylation sites is 1. The van der Waals surface area contributed by atoms with E-state index in [1.54, 1.807) is 24.3 Å². The van der Waals surface area contributed by atoms with E-state index in [4.69, 9.17) is 4.74 Å². The highest BCUT2D eigenvalue weighted by atomic mass is 32.3. The predicted octanol–water partition coefficient (Wildman–Crippen LogP) is 0.326. The number of aliphatic hydroxyl groups excluding tert-OH is 1. The van der Waals surface area contributed by atoms with Gasteiger partial charge in [-0.1, -0.05) is 18.2 Å². The van der Waals surface area contributed by atoms with Gasteiger partial charge in [0.2, 0.25) is 5.91 Å². The Bertz CT molecular complexity index is 592. The maximum absolute atomic E-state index is 12.9. The van der Waals surface area contributed by atoms with Crippen LogP contribution in [0.3, 0.4) is 0 Å². The van der Waals surface area contributed by atoms with Crippen molar-refractivity contribution in [2.45, 2.75) is 17.8 Å². The highest BCUT2D eigenvalue weighted by Gasteiger charge is 2.38. The number of halogens is 1. The minimum absolute atomic E-state index is 0.0408. The van der Waals surface area contributed by atoms with E-state index in [0.717, 1.165) is 4.90 Å². The first-order valence-electron chi connectivity index (χ1n) is 6.43. The van der Waals surface area contributed by atoms with Gasteiger partial charge in [0.05, 0.1) is 0 Å². The summed E-state index contributed by atoms with van der Waals surface area (Å²) in [5, 5.41) is 8.48. The number of carbonyl (C=O) groups excluding carboxylic acids is 1. The molecule has 0 bridgehead atoms. The Morgan fingerprint density at radius 1 is 1.38 bits per heavy atom. The number of likely N-dealkylation sites (tertiary alicyclic amines) is 1. The molecule has 1 aromatic carbocycles. The number of nitrogens with zero attached hydrogens (tertiary/aromatic N) is 1. The largest absolute Gasteiger partial charge is 0.491 e. The lowest BCUT2D eigenvalue weighted by Crippen LogP contribution is -2.37. The van der Waals surface area contributed by atoms with Crippen molar-refractivity contribution in [3.8, 4) is 5.75 Å². The zero-order chi connectivity index (χ0) is 15.5. The summed E-state index contributed by atoms with van der Waals surface area (Å²) in [6, 6.07) is 8.83. The number of rotatable bonds is 6. The van der Waals surface area contributed by atoms with Crippen molar-refractivity contribution < 1.29 is 26.9 Å². The molecule has 1 aliphatic rings. The average molecular weight is 317 g/mol. The van der Waals surface area contributed by atoms with E-state index in [1.807, 2.05) is 6.07 Å². The number of hydrogen-bond acceptors (Lipinski definition) is 5. The standard InChI is InChI=1S/C13H16FNO5S/c14-21(18,19)12-6-13(17)15(8-12)7-10(16)9-20-11-4-2-1-3-5-11/h1-5,10,12,16H,6-9H2. The van der Waals surface area contributed by atoms with E-state index in [-0.39, 0.29) is 26.1 Å². The Balaban J connectivity index is 1.83. The van der Waals surface area contributed by atoms with Gasteiger partial charge in [-0.3, -0.25) is 4.79 Å². The molecule has 1 amide bonds. The van der Waals surface area contributed by atoms with Gasteiger partial charge in [0.25, 0.3) is 0 Å². The Hall–Kier alpha value is -1.67. The zero-order valence-electron chi connectivity index (χ0n) is 11.2. The second kappa shape index (κ2) is 6.40. The minimum Gasteiger partial charge on any atom is -0.491 e. The van der Waals surface area contributed by atoms with Gasteiger partial charge in [0.1, 0.15) is 23.7 Å². The third-order valence-corrected chi connectivity index (χ3v) is 4.31. The lowest BCUT2D eigenvalue weighted by Gasteiger charge is -2.20. The smallest absolute Gasteiger partial charge is 0.307 e. The van der Waals surface area contributed by atoms with Crippen molar-refractivity contribution in [3.63, 3.8) is 0 Å². The van der Waals surface area contributed by atoms with Crippen molar-refractivity contribution in [1.82, 2.24) is 4.90 Å². The molecular formula is C13H16FNO5S. The number of carbonyl (C=O) groups is 1. The maximum atomic E-state index is 12.9. The van der Waals surface area contributed by atoms with E-state index >= 15 is 0 Å². The third-order valence-electron chi connectivity index (χ3n) is 3.19. The molecule has 2 unspecified atom stereocenters. The molecule has 2 rings (SSSR count). The maximum Gasteiger partial charge on any atom is 0.307 e. The first-order chi connectivity index (χ1) is 9.86. The van der Waals surface area contributed by atoms with Crippen molar-refractivity contribution in [2.75, 3.05) is 19.7 Å². The van der Waals surface area contributed by atoms with Gasteiger partial charge < -0.3 is 14.7 Å². The van der Waals surface area contributed by atoms with Gasteiger partial charge in [0, 0.05) is 19.5 Å². The molecule has 116 valence electrons. The minimum atomic E-state index is -4.73.